The lowest BCUT2D eigenvalue weighted by Crippen LogP contribution is -2.22. The first-order chi connectivity index (χ1) is 16.8. The second-order valence-corrected chi connectivity index (χ2v) is 7.33. The van der Waals surface area contributed by atoms with Gasteiger partial charge in [-0.2, -0.15) is 10.2 Å². The molecule has 0 aliphatic heterocycles. The Morgan fingerprint density at radius 1 is 0.714 bits per heavy atom. The van der Waals surface area contributed by atoms with Crippen molar-refractivity contribution in [1.82, 2.24) is 4.98 Å². The summed E-state index contributed by atoms with van der Waals surface area (Å²) in [4.78, 5) is 16.5. The summed E-state index contributed by atoms with van der Waals surface area (Å²) in [6, 6.07) is 19.3. The third-order valence-corrected chi connectivity index (χ3v) is 4.67. The van der Waals surface area contributed by atoms with Crippen LogP contribution in [0.1, 0.15) is 30.7 Å². The minimum atomic E-state index is -0.380. The van der Waals surface area contributed by atoms with Crippen LogP contribution in [0, 0.1) is 0 Å². The molecule has 0 bridgehead atoms. The number of hydrogen-bond donors (Lipinski definition) is 5. The van der Waals surface area contributed by atoms with E-state index in [0.717, 1.165) is 11.1 Å². The van der Waals surface area contributed by atoms with Gasteiger partial charge in [0.25, 0.3) is 0 Å². The number of guanidine groups is 1. The Balaban J connectivity index is 1.58. The fraction of sp³-hybridized carbons (Fsp3) is 0.0833. The highest BCUT2D eigenvalue weighted by Gasteiger charge is 2.05. The molecule has 3 rings (SSSR count). The van der Waals surface area contributed by atoms with Crippen molar-refractivity contribution in [2.75, 3.05) is 10.6 Å². The minimum absolute atomic E-state index is 0.117. The van der Waals surface area contributed by atoms with Crippen LogP contribution in [0.2, 0.25) is 0 Å². The van der Waals surface area contributed by atoms with E-state index in [1.807, 2.05) is 25.1 Å². The number of amidine groups is 1. The van der Waals surface area contributed by atoms with Crippen molar-refractivity contribution < 1.29 is 4.79 Å². The van der Waals surface area contributed by atoms with Gasteiger partial charge in [-0.25, -0.2) is 4.79 Å². The number of nitrogens with one attached hydrogen (secondary N) is 2. The lowest BCUT2D eigenvalue weighted by atomic mass is 10.1. The second-order valence-electron chi connectivity index (χ2n) is 7.33. The van der Waals surface area contributed by atoms with Crippen LogP contribution in [0.25, 0.3) is 0 Å². The van der Waals surface area contributed by atoms with Crippen molar-refractivity contribution in [1.29, 1.82) is 0 Å². The largest absolute Gasteiger partial charge is 0.380 e. The number of carbonyl (C=O) groups excluding carboxylic acids is 1. The quantitative estimate of drug-likeness (QED) is 0.202. The van der Waals surface area contributed by atoms with Crippen molar-refractivity contribution in [3.8, 4) is 0 Å². The topological polar surface area (TPSA) is 182 Å². The maximum absolute atomic E-state index is 12.4. The molecule has 0 saturated heterocycles. The SMILES string of the molecule is C/C(=N/N=C(N)N)c1ccc(NC(=O)Nc2ccc(/C(C)=N/N=C(/N)c3ccccn3)cc2)cc1. The van der Waals surface area contributed by atoms with Gasteiger partial charge >= 0.3 is 6.03 Å². The number of amides is 2. The van der Waals surface area contributed by atoms with Crippen molar-refractivity contribution in [2.45, 2.75) is 13.8 Å². The predicted octanol–water partition coefficient (Wildman–Crippen LogP) is 2.85. The first kappa shape index (κ1) is 24.6. The standard InChI is InChI=1S/C24H26N10O/c1-15(31-33-22(25)21-5-3-4-14-28-21)17-6-10-19(11-7-17)29-24(35)30-20-12-8-18(9-13-20)16(2)32-34-23(26)27/h3-14H,1-2H3,(H2,25,33)(H4,26,27,34)(H2,29,30,35)/b31-15+,32-16-. The molecule has 2 aromatic carbocycles. The number of urea groups is 1. The molecular formula is C24H26N10O. The van der Waals surface area contributed by atoms with Crippen molar-refractivity contribution in [2.24, 2.45) is 37.6 Å². The molecule has 0 aliphatic carbocycles. The molecule has 0 fully saturated rings. The van der Waals surface area contributed by atoms with Crippen LogP contribution >= 0.6 is 0 Å². The zero-order chi connectivity index (χ0) is 25.2. The molecule has 3 aromatic rings. The van der Waals surface area contributed by atoms with Gasteiger partial charge in [0.1, 0.15) is 5.69 Å². The Morgan fingerprint density at radius 3 is 1.69 bits per heavy atom. The van der Waals surface area contributed by atoms with Crippen LogP contribution in [-0.4, -0.2) is 34.2 Å². The summed E-state index contributed by atoms with van der Waals surface area (Å²) in [6.45, 7) is 3.59. The van der Waals surface area contributed by atoms with E-state index in [0.29, 0.717) is 28.5 Å². The predicted molar refractivity (Wildman–Crippen MR) is 141 cm³/mol. The smallest absolute Gasteiger partial charge is 0.323 e. The molecule has 2 amide bonds. The first-order valence-corrected chi connectivity index (χ1v) is 10.5. The molecule has 11 heteroatoms. The van der Waals surface area contributed by atoms with Gasteiger partial charge in [0.05, 0.1) is 11.4 Å². The van der Waals surface area contributed by atoms with Gasteiger partial charge in [0.15, 0.2) is 5.84 Å². The van der Waals surface area contributed by atoms with Crippen molar-refractivity contribution >= 4 is 40.6 Å². The summed E-state index contributed by atoms with van der Waals surface area (Å²) in [5.41, 5.74) is 21.2. The first-order valence-electron chi connectivity index (χ1n) is 10.5. The van der Waals surface area contributed by atoms with Gasteiger partial charge in [-0.15, -0.1) is 10.2 Å². The lowest BCUT2D eigenvalue weighted by Gasteiger charge is -2.09. The van der Waals surface area contributed by atoms with Gasteiger partial charge in [0, 0.05) is 17.6 Å². The third kappa shape index (κ3) is 7.49. The van der Waals surface area contributed by atoms with E-state index in [2.05, 4.69) is 36.0 Å². The van der Waals surface area contributed by atoms with E-state index in [-0.39, 0.29) is 17.8 Å². The number of rotatable bonds is 7. The molecule has 0 aliphatic rings. The molecule has 0 unspecified atom stereocenters. The summed E-state index contributed by atoms with van der Waals surface area (Å²) >= 11 is 0. The number of nitrogens with zero attached hydrogens (tertiary/aromatic N) is 5. The molecule has 178 valence electrons. The zero-order valence-electron chi connectivity index (χ0n) is 19.3. The average molecular weight is 471 g/mol. The Kier molecular flexibility index (Phi) is 8.22. The summed E-state index contributed by atoms with van der Waals surface area (Å²) in [5, 5.41) is 21.3. The van der Waals surface area contributed by atoms with Gasteiger partial charge in [-0.3, -0.25) is 4.98 Å². The third-order valence-electron chi connectivity index (χ3n) is 4.67. The second kappa shape index (κ2) is 11.7. The number of nitrogens with two attached hydrogens (primary N) is 3. The number of pyridine rings is 1. The Labute approximate surface area is 202 Å². The highest BCUT2D eigenvalue weighted by atomic mass is 16.2. The van der Waals surface area contributed by atoms with E-state index in [1.165, 1.54) is 0 Å². The normalized spacial score (nSPS) is 12.1. The molecule has 0 spiro atoms. The highest BCUT2D eigenvalue weighted by molar-refractivity contribution is 6.03. The summed E-state index contributed by atoms with van der Waals surface area (Å²) in [7, 11) is 0. The molecule has 11 nitrogen and oxygen atoms in total. The van der Waals surface area contributed by atoms with Crippen LogP contribution in [0.15, 0.2) is 93.3 Å². The maximum atomic E-state index is 12.4. The van der Waals surface area contributed by atoms with Gasteiger partial charge in [-0.1, -0.05) is 30.3 Å². The molecule has 0 saturated carbocycles. The van der Waals surface area contributed by atoms with Gasteiger partial charge < -0.3 is 27.8 Å². The summed E-state index contributed by atoms with van der Waals surface area (Å²) in [5.74, 6) is 0.109. The molecule has 0 radical (unpaired) electrons. The molecule has 0 atom stereocenters. The Morgan fingerprint density at radius 2 is 1.23 bits per heavy atom. The van der Waals surface area contributed by atoms with Crippen LogP contribution in [0.5, 0.6) is 0 Å². The number of aromatic nitrogens is 1. The Bertz CT molecular complexity index is 1270. The van der Waals surface area contributed by atoms with Gasteiger partial charge in [0.2, 0.25) is 5.96 Å². The minimum Gasteiger partial charge on any atom is -0.380 e. The monoisotopic (exact) mass is 470 g/mol. The highest BCUT2D eigenvalue weighted by Crippen LogP contribution is 2.14. The van der Waals surface area contributed by atoms with Gasteiger partial charge in [-0.05, 0) is 61.4 Å². The van der Waals surface area contributed by atoms with Crippen LogP contribution in [0.3, 0.4) is 0 Å². The molecule has 35 heavy (non-hydrogen) atoms. The summed E-state index contributed by atoms with van der Waals surface area (Å²) in [6.07, 6.45) is 1.64. The van der Waals surface area contributed by atoms with E-state index < -0.39 is 0 Å². The average Bonchev–Trinajstić information content (AvgIpc) is 2.87. The molecule has 1 aromatic heterocycles. The molecule has 8 N–H and O–H groups in total. The molecular weight excluding hydrogens is 444 g/mol. The number of anilines is 2. The van der Waals surface area contributed by atoms with Crippen LogP contribution in [-0.2, 0) is 0 Å². The van der Waals surface area contributed by atoms with E-state index in [1.54, 1.807) is 61.7 Å². The Hall–Kier alpha value is -5.06. The fourth-order valence-corrected chi connectivity index (χ4v) is 2.83. The zero-order valence-corrected chi connectivity index (χ0v) is 19.3. The summed E-state index contributed by atoms with van der Waals surface area (Å²) < 4.78 is 0. The van der Waals surface area contributed by atoms with E-state index >= 15 is 0 Å². The van der Waals surface area contributed by atoms with E-state index in [4.69, 9.17) is 17.2 Å². The van der Waals surface area contributed by atoms with Crippen LogP contribution in [0.4, 0.5) is 16.2 Å². The van der Waals surface area contributed by atoms with Crippen LogP contribution < -0.4 is 27.8 Å². The number of benzene rings is 2. The fourth-order valence-electron chi connectivity index (χ4n) is 2.83. The lowest BCUT2D eigenvalue weighted by molar-refractivity contribution is 0.262. The van der Waals surface area contributed by atoms with Crippen molar-refractivity contribution in [3.63, 3.8) is 0 Å². The van der Waals surface area contributed by atoms with E-state index in [9.17, 15) is 4.79 Å². The molecule has 1 heterocycles. The number of hydrogen-bond acceptors (Lipinski definition) is 6. The van der Waals surface area contributed by atoms with Crippen molar-refractivity contribution in [3.05, 3.63) is 89.7 Å². The maximum Gasteiger partial charge on any atom is 0.323 e. The number of carbonyl (C=O) groups is 1.